The largest absolute Gasteiger partial charge is 0.480 e. The fourth-order valence-corrected chi connectivity index (χ4v) is 8.83. The van der Waals surface area contributed by atoms with Gasteiger partial charge in [0.05, 0.1) is 23.5 Å². The van der Waals surface area contributed by atoms with E-state index in [0.29, 0.717) is 34.6 Å². The molecule has 0 unspecified atom stereocenters. The second-order valence-electron chi connectivity index (χ2n) is 12.5. The molecule has 208 valence electrons. The Hall–Kier alpha value is -3.55. The molecule has 3 aromatic rings. The molecule has 5 nitrogen and oxygen atoms in total. The average molecular weight is 549 g/mol. The van der Waals surface area contributed by atoms with Crippen LogP contribution in [0.4, 0.5) is 18.9 Å². The zero-order chi connectivity index (χ0) is 27.8. The topological polar surface area (TPSA) is 60.9 Å². The van der Waals surface area contributed by atoms with Crippen LogP contribution in [0.1, 0.15) is 60.0 Å². The van der Waals surface area contributed by atoms with Crippen LogP contribution in [-0.4, -0.2) is 34.6 Å². The molecule has 1 aliphatic heterocycles. The Morgan fingerprint density at radius 2 is 1.55 bits per heavy atom. The first-order valence-electron chi connectivity index (χ1n) is 14.1. The maximum absolute atomic E-state index is 14.2. The third-order valence-electron chi connectivity index (χ3n) is 9.90. The van der Waals surface area contributed by atoms with Gasteiger partial charge in [0.25, 0.3) is 5.91 Å². The highest BCUT2D eigenvalue weighted by Gasteiger charge is 2.59. The molecule has 1 amide bonds. The molecule has 8 heteroatoms. The Kier molecular flexibility index (Phi) is 5.71. The van der Waals surface area contributed by atoms with E-state index in [4.69, 9.17) is 0 Å². The molecule has 1 heterocycles. The lowest BCUT2D eigenvalue weighted by Crippen LogP contribution is -2.63. The normalized spacial score (nSPS) is 28.2. The highest BCUT2D eigenvalue weighted by molar-refractivity contribution is 6.11. The van der Waals surface area contributed by atoms with Gasteiger partial charge in [0.2, 0.25) is 0 Å². The molecule has 0 spiro atoms. The molecule has 0 saturated heterocycles. The number of fused-ring (bicyclic) bond motifs is 3. The molecule has 1 N–H and O–H groups in total. The van der Waals surface area contributed by atoms with Crippen LogP contribution >= 0.6 is 0 Å². The number of aliphatic carboxylic acids is 1. The van der Waals surface area contributed by atoms with Crippen LogP contribution in [0.15, 0.2) is 60.7 Å². The van der Waals surface area contributed by atoms with E-state index in [2.05, 4.69) is 0 Å². The summed E-state index contributed by atoms with van der Waals surface area (Å²) in [5.74, 6) is 0.314. The minimum Gasteiger partial charge on any atom is -0.480 e. The van der Waals surface area contributed by atoms with Crippen molar-refractivity contribution < 1.29 is 27.9 Å². The summed E-state index contributed by atoms with van der Waals surface area (Å²) in [6.45, 7) is 0.315. The highest BCUT2D eigenvalue weighted by Crippen LogP contribution is 2.62. The van der Waals surface area contributed by atoms with Crippen LogP contribution < -0.4 is 4.90 Å². The number of carbonyl (C=O) groups excluding carboxylic acids is 1. The first-order valence-corrected chi connectivity index (χ1v) is 14.1. The summed E-state index contributed by atoms with van der Waals surface area (Å²) in [5.41, 5.74) is 0.639. The molecule has 1 atom stereocenters. The van der Waals surface area contributed by atoms with Crippen LogP contribution in [0.25, 0.3) is 10.8 Å². The van der Waals surface area contributed by atoms with Crippen molar-refractivity contribution in [1.29, 1.82) is 0 Å². The van der Waals surface area contributed by atoms with Crippen LogP contribution in [0.2, 0.25) is 0 Å². The lowest BCUT2D eigenvalue weighted by atomic mass is 9.47. The molecule has 0 radical (unpaired) electrons. The lowest BCUT2D eigenvalue weighted by molar-refractivity contribution is -0.159. The van der Waals surface area contributed by atoms with E-state index < -0.39 is 29.2 Å². The number of amides is 1. The molecule has 4 fully saturated rings. The molecule has 4 saturated carbocycles. The summed E-state index contributed by atoms with van der Waals surface area (Å²) in [7, 11) is 0. The monoisotopic (exact) mass is 548 g/mol. The summed E-state index contributed by atoms with van der Waals surface area (Å²) < 4.78 is 39.6. The fraction of sp³-hybridized carbons (Fsp3) is 0.438. The molecular formula is C32H31F3N2O3. The summed E-state index contributed by atoms with van der Waals surface area (Å²) in [6, 6.07) is 15.5. The fourth-order valence-electron chi connectivity index (χ4n) is 8.83. The number of hydrogen-bond donors (Lipinski definition) is 1. The minimum atomic E-state index is -4.43. The van der Waals surface area contributed by atoms with Gasteiger partial charge in [-0.25, -0.2) is 4.79 Å². The quantitative estimate of drug-likeness (QED) is 0.375. The van der Waals surface area contributed by atoms with E-state index in [1.54, 1.807) is 11.0 Å². The number of carboxylic acid groups (broad SMARTS) is 1. The standard InChI is InChI=1S/C32H31F3N2O3/c33-32(34,35)24-8-5-19(6-9-24)17-36-18-37(29(38)26-10-7-23-3-1-2-4-25(23)27(26)36)28(30(39)40)31-14-20-11-21(15-31)13-22(12-20)16-31/h1-10,20-22,28H,11-18H2,(H,39,40)/t20?,21?,22?,28-,31?/m1/s1. The number of hydrogen-bond acceptors (Lipinski definition) is 3. The Balaban J connectivity index is 1.31. The van der Waals surface area contributed by atoms with Crippen molar-refractivity contribution in [2.24, 2.45) is 23.2 Å². The van der Waals surface area contributed by atoms with Crippen LogP contribution in [-0.2, 0) is 17.5 Å². The predicted molar refractivity (Wildman–Crippen MR) is 145 cm³/mol. The van der Waals surface area contributed by atoms with E-state index in [0.717, 1.165) is 61.4 Å². The van der Waals surface area contributed by atoms with E-state index >= 15 is 0 Å². The molecule has 5 aliphatic rings. The Bertz CT molecular complexity index is 1460. The first-order chi connectivity index (χ1) is 19.1. The number of halogens is 3. The average Bonchev–Trinajstić information content (AvgIpc) is 2.89. The number of alkyl halides is 3. The van der Waals surface area contributed by atoms with Gasteiger partial charge in [0.15, 0.2) is 0 Å². The molecular weight excluding hydrogens is 517 g/mol. The van der Waals surface area contributed by atoms with E-state index in [-0.39, 0.29) is 19.1 Å². The van der Waals surface area contributed by atoms with Crippen molar-refractivity contribution in [2.75, 3.05) is 11.6 Å². The summed E-state index contributed by atoms with van der Waals surface area (Å²) in [4.78, 5) is 30.7. The second-order valence-corrected chi connectivity index (χ2v) is 12.5. The van der Waals surface area contributed by atoms with E-state index in [1.807, 2.05) is 35.2 Å². The van der Waals surface area contributed by atoms with E-state index in [9.17, 15) is 27.9 Å². The highest BCUT2D eigenvalue weighted by atomic mass is 19.4. The zero-order valence-corrected chi connectivity index (χ0v) is 22.0. The van der Waals surface area contributed by atoms with Gasteiger partial charge in [-0.2, -0.15) is 13.2 Å². The number of anilines is 1. The molecule has 8 rings (SSSR count). The zero-order valence-electron chi connectivity index (χ0n) is 22.0. The molecule has 0 aromatic heterocycles. The number of nitrogens with zero attached hydrogens (tertiary/aromatic N) is 2. The Labute approximate surface area is 230 Å². The first kappa shape index (κ1) is 25.4. The van der Waals surface area contributed by atoms with Crippen molar-refractivity contribution in [3.63, 3.8) is 0 Å². The smallest absolute Gasteiger partial charge is 0.416 e. The third kappa shape index (κ3) is 4.06. The van der Waals surface area contributed by atoms with Gasteiger partial charge in [0.1, 0.15) is 6.04 Å². The van der Waals surface area contributed by atoms with Crippen LogP contribution in [0, 0.1) is 23.2 Å². The lowest BCUT2D eigenvalue weighted by Gasteiger charge is -2.60. The van der Waals surface area contributed by atoms with Crippen molar-refractivity contribution in [1.82, 2.24) is 4.90 Å². The van der Waals surface area contributed by atoms with Gasteiger partial charge in [0, 0.05) is 17.3 Å². The van der Waals surface area contributed by atoms with Gasteiger partial charge >= 0.3 is 12.1 Å². The number of benzene rings is 3. The summed E-state index contributed by atoms with van der Waals surface area (Å²) >= 11 is 0. The van der Waals surface area contributed by atoms with Gasteiger partial charge < -0.3 is 14.9 Å². The van der Waals surface area contributed by atoms with Gasteiger partial charge in [-0.15, -0.1) is 0 Å². The van der Waals surface area contributed by atoms with Crippen molar-refractivity contribution in [3.8, 4) is 0 Å². The third-order valence-corrected chi connectivity index (χ3v) is 9.90. The van der Waals surface area contributed by atoms with E-state index in [1.165, 1.54) is 12.1 Å². The van der Waals surface area contributed by atoms with Gasteiger partial charge in [-0.3, -0.25) is 4.79 Å². The molecule has 4 bridgehead atoms. The summed E-state index contributed by atoms with van der Waals surface area (Å²) in [5, 5.41) is 12.5. The Morgan fingerprint density at radius 1 is 0.925 bits per heavy atom. The maximum atomic E-state index is 14.2. The van der Waals surface area contributed by atoms with Crippen LogP contribution in [0.5, 0.6) is 0 Å². The summed E-state index contributed by atoms with van der Waals surface area (Å²) in [6.07, 6.45) is 1.56. The van der Waals surface area contributed by atoms with Gasteiger partial charge in [-0.1, -0.05) is 42.5 Å². The number of rotatable bonds is 5. The van der Waals surface area contributed by atoms with Crippen molar-refractivity contribution in [2.45, 2.75) is 57.3 Å². The van der Waals surface area contributed by atoms with Gasteiger partial charge in [-0.05, 0) is 85.4 Å². The minimum absolute atomic E-state index is 0.0690. The Morgan fingerprint density at radius 3 is 2.15 bits per heavy atom. The molecule has 3 aromatic carbocycles. The van der Waals surface area contributed by atoms with Crippen molar-refractivity contribution in [3.05, 3.63) is 77.4 Å². The SMILES string of the molecule is O=C(O)[C@@H](N1CN(Cc2ccc(C(F)(F)F)cc2)c2c(ccc3ccccc23)C1=O)C12CC3CC(CC(C3)C1)C2. The number of carbonyl (C=O) groups is 2. The predicted octanol–water partition coefficient (Wildman–Crippen LogP) is 6.95. The van der Waals surface area contributed by atoms with Crippen LogP contribution in [0.3, 0.4) is 0 Å². The maximum Gasteiger partial charge on any atom is 0.416 e. The van der Waals surface area contributed by atoms with Crippen molar-refractivity contribution >= 4 is 28.3 Å². The second kappa shape index (κ2) is 8.98. The molecule has 4 aliphatic carbocycles. The number of carboxylic acids is 1. The molecule has 40 heavy (non-hydrogen) atoms.